The van der Waals surface area contributed by atoms with Crippen LogP contribution in [0.3, 0.4) is 0 Å². The van der Waals surface area contributed by atoms with Gasteiger partial charge >= 0.3 is 0 Å². The number of nitrogens with zero attached hydrogens (tertiary/aromatic N) is 2. The van der Waals surface area contributed by atoms with Gasteiger partial charge in [-0.05, 0) is 43.7 Å². The van der Waals surface area contributed by atoms with Gasteiger partial charge in [-0.15, -0.1) is 0 Å². The van der Waals surface area contributed by atoms with Crippen molar-refractivity contribution in [1.29, 1.82) is 0 Å². The van der Waals surface area contributed by atoms with Crippen molar-refractivity contribution >= 4 is 27.3 Å². The van der Waals surface area contributed by atoms with E-state index in [4.69, 9.17) is 0 Å². The van der Waals surface area contributed by atoms with E-state index < -0.39 is 10.0 Å². The van der Waals surface area contributed by atoms with Gasteiger partial charge in [0.25, 0.3) is 0 Å². The maximum absolute atomic E-state index is 12.4. The van der Waals surface area contributed by atoms with Crippen LogP contribution >= 0.6 is 0 Å². The van der Waals surface area contributed by atoms with Gasteiger partial charge in [-0.2, -0.15) is 4.31 Å². The summed E-state index contributed by atoms with van der Waals surface area (Å²) in [5, 5.41) is 2.77. The minimum Gasteiger partial charge on any atom is -0.372 e. The second kappa shape index (κ2) is 9.53. The summed E-state index contributed by atoms with van der Waals surface area (Å²) in [5.74, 6) is -0.369. The summed E-state index contributed by atoms with van der Waals surface area (Å²) in [4.78, 5) is 14.6. The molecule has 27 heavy (non-hydrogen) atoms. The first-order chi connectivity index (χ1) is 12.8. The lowest BCUT2D eigenvalue weighted by Gasteiger charge is -2.21. The maximum atomic E-state index is 12.4. The van der Waals surface area contributed by atoms with E-state index in [1.165, 1.54) is 4.31 Å². The standard InChI is InChI=1S/C20H27N3O3S/c1-4-22(5-2)19-13-11-18(12-14-19)21-20(24)16-23(27(3,25)26)15-17-9-7-6-8-10-17/h6-14H,4-5,15-16H2,1-3H3,(H,21,24). The van der Waals surface area contributed by atoms with Crippen LogP contribution in [0, 0.1) is 0 Å². The topological polar surface area (TPSA) is 69.7 Å². The van der Waals surface area contributed by atoms with Gasteiger partial charge in [0.2, 0.25) is 15.9 Å². The molecule has 7 heteroatoms. The van der Waals surface area contributed by atoms with Crippen LogP contribution in [0.5, 0.6) is 0 Å². The third-order valence-electron chi connectivity index (χ3n) is 4.27. The van der Waals surface area contributed by atoms with E-state index in [1.54, 1.807) is 0 Å². The quantitative estimate of drug-likeness (QED) is 0.716. The first kappa shape index (κ1) is 20.9. The van der Waals surface area contributed by atoms with Crippen LogP contribution in [-0.2, 0) is 21.4 Å². The van der Waals surface area contributed by atoms with Crippen molar-refractivity contribution in [3.63, 3.8) is 0 Å². The van der Waals surface area contributed by atoms with Gasteiger partial charge in [0, 0.05) is 31.0 Å². The number of carbonyl (C=O) groups is 1. The molecule has 2 aromatic rings. The lowest BCUT2D eigenvalue weighted by molar-refractivity contribution is -0.116. The SMILES string of the molecule is CCN(CC)c1ccc(NC(=O)CN(Cc2ccccc2)S(C)(=O)=O)cc1. The fourth-order valence-corrected chi connectivity index (χ4v) is 3.52. The molecule has 1 N–H and O–H groups in total. The van der Waals surface area contributed by atoms with Crippen LogP contribution < -0.4 is 10.2 Å². The summed E-state index contributed by atoms with van der Waals surface area (Å²) in [6, 6.07) is 16.8. The van der Waals surface area contributed by atoms with Gasteiger partial charge in [0.05, 0.1) is 12.8 Å². The molecular weight excluding hydrogens is 362 g/mol. The third kappa shape index (κ3) is 6.37. The van der Waals surface area contributed by atoms with E-state index in [9.17, 15) is 13.2 Å². The number of sulfonamides is 1. The van der Waals surface area contributed by atoms with E-state index in [2.05, 4.69) is 24.1 Å². The molecule has 0 heterocycles. The number of amides is 1. The van der Waals surface area contributed by atoms with Crippen molar-refractivity contribution in [2.24, 2.45) is 0 Å². The molecule has 0 aliphatic heterocycles. The van der Waals surface area contributed by atoms with Crippen LogP contribution in [0.2, 0.25) is 0 Å². The van der Waals surface area contributed by atoms with Crippen LogP contribution in [0.1, 0.15) is 19.4 Å². The Hall–Kier alpha value is -2.38. The molecule has 0 aromatic heterocycles. The maximum Gasteiger partial charge on any atom is 0.239 e. The largest absolute Gasteiger partial charge is 0.372 e. The fraction of sp³-hybridized carbons (Fsp3) is 0.350. The van der Waals surface area contributed by atoms with Crippen molar-refractivity contribution in [2.75, 3.05) is 36.1 Å². The number of hydrogen-bond donors (Lipinski definition) is 1. The highest BCUT2D eigenvalue weighted by molar-refractivity contribution is 7.88. The van der Waals surface area contributed by atoms with Gasteiger partial charge in [0.1, 0.15) is 0 Å². The summed E-state index contributed by atoms with van der Waals surface area (Å²) in [6.07, 6.45) is 1.11. The van der Waals surface area contributed by atoms with Crippen molar-refractivity contribution in [2.45, 2.75) is 20.4 Å². The van der Waals surface area contributed by atoms with Gasteiger partial charge in [-0.3, -0.25) is 4.79 Å². The molecule has 0 atom stereocenters. The van der Waals surface area contributed by atoms with Gasteiger partial charge in [-0.1, -0.05) is 30.3 Å². The molecule has 0 saturated carbocycles. The number of nitrogens with one attached hydrogen (secondary N) is 1. The Morgan fingerprint density at radius 2 is 1.56 bits per heavy atom. The number of carbonyl (C=O) groups excluding carboxylic acids is 1. The van der Waals surface area contributed by atoms with Crippen LogP contribution in [0.15, 0.2) is 54.6 Å². The van der Waals surface area contributed by atoms with E-state index in [1.807, 2.05) is 54.6 Å². The fourth-order valence-electron chi connectivity index (χ4n) is 2.78. The Kier molecular flexibility index (Phi) is 7.38. The Morgan fingerprint density at radius 3 is 2.07 bits per heavy atom. The molecule has 0 spiro atoms. The highest BCUT2D eigenvalue weighted by Gasteiger charge is 2.20. The Morgan fingerprint density at radius 1 is 0.963 bits per heavy atom. The molecule has 2 rings (SSSR count). The normalized spacial score (nSPS) is 11.4. The number of hydrogen-bond acceptors (Lipinski definition) is 4. The first-order valence-corrected chi connectivity index (χ1v) is 10.8. The summed E-state index contributed by atoms with van der Waals surface area (Å²) in [6.45, 7) is 5.92. The molecule has 0 aliphatic rings. The summed E-state index contributed by atoms with van der Waals surface area (Å²) >= 11 is 0. The monoisotopic (exact) mass is 389 g/mol. The zero-order valence-electron chi connectivity index (χ0n) is 16.1. The van der Waals surface area contributed by atoms with Gasteiger partial charge in [0.15, 0.2) is 0 Å². The van der Waals surface area contributed by atoms with E-state index in [0.29, 0.717) is 5.69 Å². The van der Waals surface area contributed by atoms with Crippen LogP contribution in [-0.4, -0.2) is 44.5 Å². The second-order valence-corrected chi connectivity index (χ2v) is 8.27. The van der Waals surface area contributed by atoms with E-state index in [-0.39, 0.29) is 19.0 Å². The molecule has 0 radical (unpaired) electrons. The number of rotatable bonds is 9. The first-order valence-electron chi connectivity index (χ1n) is 8.97. The summed E-state index contributed by atoms with van der Waals surface area (Å²) < 4.78 is 25.3. The Labute approximate surface area is 161 Å². The van der Waals surface area contributed by atoms with Crippen molar-refractivity contribution in [1.82, 2.24) is 4.31 Å². The smallest absolute Gasteiger partial charge is 0.239 e. The summed E-state index contributed by atoms with van der Waals surface area (Å²) in [5.41, 5.74) is 2.56. The molecule has 0 fully saturated rings. The van der Waals surface area contributed by atoms with Crippen molar-refractivity contribution < 1.29 is 13.2 Å². The molecule has 1 amide bonds. The van der Waals surface area contributed by atoms with Crippen molar-refractivity contribution in [3.05, 3.63) is 60.2 Å². The second-order valence-electron chi connectivity index (χ2n) is 6.28. The molecule has 0 aliphatic carbocycles. The lowest BCUT2D eigenvalue weighted by Crippen LogP contribution is -2.36. The molecular formula is C20H27N3O3S. The van der Waals surface area contributed by atoms with Crippen LogP contribution in [0.25, 0.3) is 0 Å². The Bertz CT molecular complexity index is 833. The van der Waals surface area contributed by atoms with Gasteiger partial charge in [-0.25, -0.2) is 8.42 Å². The minimum absolute atomic E-state index is 0.161. The Balaban J connectivity index is 2.03. The lowest BCUT2D eigenvalue weighted by atomic mass is 10.2. The van der Waals surface area contributed by atoms with Gasteiger partial charge < -0.3 is 10.2 Å². The molecule has 0 saturated heterocycles. The van der Waals surface area contributed by atoms with E-state index >= 15 is 0 Å². The average molecular weight is 390 g/mol. The zero-order chi connectivity index (χ0) is 19.9. The average Bonchev–Trinajstić information content (AvgIpc) is 2.63. The van der Waals surface area contributed by atoms with Crippen molar-refractivity contribution in [3.8, 4) is 0 Å². The summed E-state index contributed by atoms with van der Waals surface area (Å²) in [7, 11) is -3.51. The molecule has 146 valence electrons. The molecule has 6 nitrogen and oxygen atoms in total. The predicted molar refractivity (Wildman–Crippen MR) is 110 cm³/mol. The third-order valence-corrected chi connectivity index (χ3v) is 5.47. The van der Waals surface area contributed by atoms with Crippen LogP contribution in [0.4, 0.5) is 11.4 Å². The molecule has 2 aromatic carbocycles. The zero-order valence-corrected chi connectivity index (χ0v) is 16.9. The highest BCUT2D eigenvalue weighted by atomic mass is 32.2. The number of anilines is 2. The predicted octanol–water partition coefficient (Wildman–Crippen LogP) is 2.93. The minimum atomic E-state index is -3.51. The molecule has 0 unspecified atom stereocenters. The number of benzene rings is 2. The van der Waals surface area contributed by atoms with E-state index in [0.717, 1.165) is 30.6 Å². The molecule has 0 bridgehead atoms. The highest BCUT2D eigenvalue weighted by Crippen LogP contribution is 2.18.